The number of carbonyl (C=O) groups is 2. The number of carbonyl (C=O) groups excluding carboxylic acids is 2. The molecule has 120 valence electrons. The zero-order chi connectivity index (χ0) is 15.9. The van der Waals surface area contributed by atoms with E-state index >= 15 is 0 Å². The Bertz CT molecular complexity index is 495. The SMILES string of the molecule is CC[C@H](Oc1ccccc1)C(=O)N1CCC(C(=O)OC)CC1. The standard InChI is InChI=1S/C17H23NO4/c1-3-15(22-14-7-5-4-6-8-14)16(19)18-11-9-13(10-12-18)17(20)21-2/h4-8,13,15H,3,9-12H2,1-2H3/t15-/m0/s1. The quantitative estimate of drug-likeness (QED) is 0.783. The van der Waals surface area contributed by atoms with Crippen LogP contribution in [0.25, 0.3) is 0 Å². The van der Waals surface area contributed by atoms with Crippen LogP contribution >= 0.6 is 0 Å². The predicted octanol–water partition coefficient (Wildman–Crippen LogP) is 2.26. The summed E-state index contributed by atoms with van der Waals surface area (Å²) in [6.45, 7) is 3.09. The summed E-state index contributed by atoms with van der Waals surface area (Å²) >= 11 is 0. The van der Waals surface area contributed by atoms with Crippen molar-refractivity contribution in [1.29, 1.82) is 0 Å². The average Bonchev–Trinajstić information content (AvgIpc) is 2.59. The average molecular weight is 305 g/mol. The number of hydrogen-bond acceptors (Lipinski definition) is 4. The van der Waals surface area contributed by atoms with Crippen molar-refractivity contribution in [2.75, 3.05) is 20.2 Å². The summed E-state index contributed by atoms with van der Waals surface area (Å²) in [6, 6.07) is 9.37. The Kier molecular flexibility index (Phi) is 5.81. The molecule has 1 aliphatic heterocycles. The van der Waals surface area contributed by atoms with Crippen LogP contribution in [0.15, 0.2) is 30.3 Å². The van der Waals surface area contributed by atoms with E-state index in [1.165, 1.54) is 7.11 Å². The fourth-order valence-electron chi connectivity index (χ4n) is 2.68. The Morgan fingerprint density at radius 1 is 1.23 bits per heavy atom. The number of likely N-dealkylation sites (tertiary alicyclic amines) is 1. The highest BCUT2D eigenvalue weighted by molar-refractivity contribution is 5.81. The third-order valence-electron chi connectivity index (χ3n) is 4.01. The summed E-state index contributed by atoms with van der Waals surface area (Å²) in [7, 11) is 1.40. The minimum Gasteiger partial charge on any atom is -0.481 e. The Morgan fingerprint density at radius 3 is 2.41 bits per heavy atom. The van der Waals surface area contributed by atoms with Gasteiger partial charge in [0.15, 0.2) is 6.10 Å². The van der Waals surface area contributed by atoms with Crippen molar-refractivity contribution in [1.82, 2.24) is 4.90 Å². The molecule has 0 saturated carbocycles. The van der Waals surface area contributed by atoms with Crippen molar-refractivity contribution in [2.24, 2.45) is 5.92 Å². The van der Waals surface area contributed by atoms with Crippen molar-refractivity contribution in [2.45, 2.75) is 32.3 Å². The lowest BCUT2D eigenvalue weighted by Gasteiger charge is -2.33. The molecule has 1 aliphatic rings. The van der Waals surface area contributed by atoms with E-state index in [-0.39, 0.29) is 17.8 Å². The molecule has 2 rings (SSSR count). The first-order valence-electron chi connectivity index (χ1n) is 7.74. The molecule has 22 heavy (non-hydrogen) atoms. The lowest BCUT2D eigenvalue weighted by molar-refractivity contribution is -0.150. The second kappa shape index (κ2) is 7.82. The van der Waals surface area contributed by atoms with Crippen LogP contribution in [0, 0.1) is 5.92 Å². The molecule has 0 N–H and O–H groups in total. The van der Waals surface area contributed by atoms with Gasteiger partial charge in [-0.15, -0.1) is 0 Å². The van der Waals surface area contributed by atoms with Gasteiger partial charge in [0, 0.05) is 13.1 Å². The van der Waals surface area contributed by atoms with Crippen LogP contribution < -0.4 is 4.74 Å². The molecule has 0 aliphatic carbocycles. The second-order valence-corrected chi connectivity index (χ2v) is 5.45. The molecule has 1 aromatic carbocycles. The summed E-state index contributed by atoms with van der Waals surface area (Å²) in [5.74, 6) is 0.422. The Hall–Kier alpha value is -2.04. The Balaban J connectivity index is 1.91. The molecular weight excluding hydrogens is 282 g/mol. The Labute approximate surface area is 131 Å². The summed E-state index contributed by atoms with van der Waals surface area (Å²) in [5.41, 5.74) is 0. The maximum absolute atomic E-state index is 12.6. The number of rotatable bonds is 5. The van der Waals surface area contributed by atoms with Crippen molar-refractivity contribution in [3.63, 3.8) is 0 Å². The smallest absolute Gasteiger partial charge is 0.308 e. The summed E-state index contributed by atoms with van der Waals surface area (Å²) < 4.78 is 10.6. The number of amides is 1. The molecule has 0 radical (unpaired) electrons. The van der Waals surface area contributed by atoms with Crippen LogP contribution in [0.5, 0.6) is 5.75 Å². The number of piperidine rings is 1. The van der Waals surface area contributed by atoms with Crippen molar-refractivity contribution >= 4 is 11.9 Å². The van der Waals surface area contributed by atoms with Gasteiger partial charge in [-0.1, -0.05) is 25.1 Å². The van der Waals surface area contributed by atoms with Gasteiger partial charge < -0.3 is 14.4 Å². The summed E-state index contributed by atoms with van der Waals surface area (Å²) in [5, 5.41) is 0. The topological polar surface area (TPSA) is 55.8 Å². The van der Waals surface area contributed by atoms with Crippen molar-refractivity contribution < 1.29 is 19.1 Å². The maximum atomic E-state index is 12.6. The fraction of sp³-hybridized carbons (Fsp3) is 0.529. The van der Waals surface area contributed by atoms with E-state index in [1.54, 1.807) is 4.90 Å². The minimum atomic E-state index is -0.475. The van der Waals surface area contributed by atoms with Crippen LogP contribution in [-0.4, -0.2) is 43.1 Å². The third kappa shape index (κ3) is 4.00. The lowest BCUT2D eigenvalue weighted by Crippen LogP contribution is -2.46. The van der Waals surface area contributed by atoms with E-state index in [1.807, 2.05) is 37.3 Å². The molecule has 0 unspecified atom stereocenters. The van der Waals surface area contributed by atoms with E-state index in [9.17, 15) is 9.59 Å². The van der Waals surface area contributed by atoms with Crippen LogP contribution in [0.4, 0.5) is 0 Å². The van der Waals surface area contributed by atoms with Crippen LogP contribution in [0.1, 0.15) is 26.2 Å². The molecule has 1 atom stereocenters. The monoisotopic (exact) mass is 305 g/mol. The zero-order valence-electron chi connectivity index (χ0n) is 13.2. The number of esters is 1. The van der Waals surface area contributed by atoms with Crippen molar-refractivity contribution in [3.05, 3.63) is 30.3 Å². The first-order valence-corrected chi connectivity index (χ1v) is 7.74. The van der Waals surface area contributed by atoms with Crippen molar-refractivity contribution in [3.8, 4) is 5.75 Å². The molecule has 1 fully saturated rings. The summed E-state index contributed by atoms with van der Waals surface area (Å²) in [6.07, 6.45) is 1.45. The van der Waals surface area contributed by atoms with Gasteiger partial charge in [0.2, 0.25) is 0 Å². The van der Waals surface area contributed by atoms with Gasteiger partial charge in [-0.3, -0.25) is 9.59 Å². The normalized spacial score (nSPS) is 16.9. The number of hydrogen-bond donors (Lipinski definition) is 0. The highest BCUT2D eigenvalue weighted by Crippen LogP contribution is 2.21. The fourth-order valence-corrected chi connectivity index (χ4v) is 2.68. The number of para-hydroxylation sites is 1. The molecule has 5 heteroatoms. The molecule has 0 spiro atoms. The molecule has 1 aromatic rings. The highest BCUT2D eigenvalue weighted by Gasteiger charge is 2.31. The lowest BCUT2D eigenvalue weighted by atomic mass is 9.96. The number of nitrogens with zero attached hydrogens (tertiary/aromatic N) is 1. The van der Waals surface area contributed by atoms with Gasteiger partial charge in [0.25, 0.3) is 5.91 Å². The highest BCUT2D eigenvalue weighted by atomic mass is 16.5. The number of methoxy groups -OCH3 is 1. The van der Waals surface area contributed by atoms with Gasteiger partial charge in [0.05, 0.1) is 13.0 Å². The first-order chi connectivity index (χ1) is 10.7. The number of benzene rings is 1. The molecular formula is C17H23NO4. The maximum Gasteiger partial charge on any atom is 0.308 e. The largest absolute Gasteiger partial charge is 0.481 e. The van der Waals surface area contributed by atoms with E-state index in [2.05, 4.69) is 0 Å². The Morgan fingerprint density at radius 2 is 1.86 bits per heavy atom. The third-order valence-corrected chi connectivity index (χ3v) is 4.01. The van der Waals surface area contributed by atoms with E-state index in [4.69, 9.17) is 9.47 Å². The molecule has 0 aromatic heterocycles. The molecule has 1 saturated heterocycles. The molecule has 1 heterocycles. The van der Waals surface area contributed by atoms with Gasteiger partial charge in [-0.25, -0.2) is 0 Å². The van der Waals surface area contributed by atoms with Gasteiger partial charge in [0.1, 0.15) is 5.75 Å². The van der Waals surface area contributed by atoms with Crippen LogP contribution in [0.2, 0.25) is 0 Å². The van der Waals surface area contributed by atoms with E-state index in [0.29, 0.717) is 38.1 Å². The van der Waals surface area contributed by atoms with E-state index in [0.717, 1.165) is 0 Å². The number of ether oxygens (including phenoxy) is 2. The molecule has 5 nitrogen and oxygen atoms in total. The zero-order valence-corrected chi connectivity index (χ0v) is 13.2. The van der Waals surface area contributed by atoms with Gasteiger partial charge in [-0.2, -0.15) is 0 Å². The van der Waals surface area contributed by atoms with Gasteiger partial charge in [-0.05, 0) is 31.4 Å². The van der Waals surface area contributed by atoms with Gasteiger partial charge >= 0.3 is 5.97 Å². The van der Waals surface area contributed by atoms with E-state index < -0.39 is 6.10 Å². The summed E-state index contributed by atoms with van der Waals surface area (Å²) in [4.78, 5) is 25.9. The molecule has 0 bridgehead atoms. The molecule has 1 amide bonds. The first kappa shape index (κ1) is 16.3. The second-order valence-electron chi connectivity index (χ2n) is 5.45. The predicted molar refractivity (Wildman–Crippen MR) is 82.5 cm³/mol. The van der Waals surface area contributed by atoms with Crippen LogP contribution in [-0.2, 0) is 14.3 Å². The van der Waals surface area contributed by atoms with Crippen LogP contribution in [0.3, 0.4) is 0 Å². The minimum absolute atomic E-state index is 0.00494.